The molecule has 0 aromatic heterocycles. The Labute approximate surface area is 138 Å². The molecule has 5 heteroatoms. The molecule has 1 N–H and O–H groups in total. The van der Waals surface area contributed by atoms with Crippen molar-refractivity contribution in [2.45, 2.75) is 58.6 Å². The summed E-state index contributed by atoms with van der Waals surface area (Å²) in [5, 5.41) is 2.88. The summed E-state index contributed by atoms with van der Waals surface area (Å²) in [7, 11) is 1.38. The Hall–Kier alpha value is -2.04. The minimum Gasteiger partial charge on any atom is -0.469 e. The molecule has 23 heavy (non-hydrogen) atoms. The van der Waals surface area contributed by atoms with E-state index in [0.29, 0.717) is 6.42 Å². The highest BCUT2D eigenvalue weighted by atomic mass is 16.6. The smallest absolute Gasteiger partial charge is 0.408 e. The van der Waals surface area contributed by atoms with Crippen LogP contribution in [0, 0.1) is 0 Å². The predicted octanol–water partition coefficient (Wildman–Crippen LogP) is 3.25. The first-order valence-corrected chi connectivity index (χ1v) is 7.66. The third-order valence-electron chi connectivity index (χ3n) is 3.05. The van der Waals surface area contributed by atoms with Crippen LogP contribution in [0.2, 0.25) is 0 Å². The second-order valence-corrected chi connectivity index (χ2v) is 7.26. The van der Waals surface area contributed by atoms with Crippen molar-refractivity contribution >= 4 is 12.1 Å². The average molecular weight is 321 g/mol. The third-order valence-corrected chi connectivity index (χ3v) is 3.05. The van der Waals surface area contributed by atoms with Gasteiger partial charge in [0.05, 0.1) is 13.5 Å². The molecule has 0 spiro atoms. The normalized spacial score (nSPS) is 11.7. The van der Waals surface area contributed by atoms with Gasteiger partial charge in [-0.2, -0.15) is 0 Å². The molecule has 0 aliphatic heterocycles. The van der Waals surface area contributed by atoms with Crippen molar-refractivity contribution in [1.82, 2.24) is 5.32 Å². The topological polar surface area (TPSA) is 64.6 Å². The number of hydrogen-bond acceptors (Lipinski definition) is 4. The lowest BCUT2D eigenvalue weighted by molar-refractivity contribution is -0.139. The lowest BCUT2D eigenvalue weighted by Crippen LogP contribution is -2.47. The Morgan fingerprint density at radius 2 is 1.70 bits per heavy atom. The molecule has 0 saturated carbocycles. The summed E-state index contributed by atoms with van der Waals surface area (Å²) in [6.45, 7) is 9.36. The van der Waals surface area contributed by atoms with E-state index in [2.05, 4.69) is 10.1 Å². The van der Waals surface area contributed by atoms with Crippen LogP contribution in [0.3, 0.4) is 0 Å². The van der Waals surface area contributed by atoms with Gasteiger partial charge in [-0.3, -0.25) is 4.79 Å². The molecule has 5 nitrogen and oxygen atoms in total. The Morgan fingerprint density at radius 1 is 1.09 bits per heavy atom. The quantitative estimate of drug-likeness (QED) is 0.846. The first kappa shape index (κ1) is 19.0. The van der Waals surface area contributed by atoms with Crippen LogP contribution in [0.5, 0.6) is 0 Å². The van der Waals surface area contributed by atoms with Gasteiger partial charge in [-0.1, -0.05) is 24.3 Å². The Bertz CT molecular complexity index is 558. The molecule has 0 bridgehead atoms. The predicted molar refractivity (Wildman–Crippen MR) is 89.3 cm³/mol. The van der Waals surface area contributed by atoms with Gasteiger partial charge >= 0.3 is 12.1 Å². The summed E-state index contributed by atoms with van der Waals surface area (Å²) < 4.78 is 9.97. The number of esters is 1. The van der Waals surface area contributed by atoms with Crippen LogP contribution in [-0.4, -0.2) is 30.3 Å². The molecule has 0 aliphatic carbocycles. The molecule has 0 atom stereocenters. The number of alkyl carbamates (subject to hydrolysis) is 1. The summed E-state index contributed by atoms with van der Waals surface area (Å²) >= 11 is 0. The Morgan fingerprint density at radius 3 is 2.26 bits per heavy atom. The number of benzene rings is 1. The van der Waals surface area contributed by atoms with Gasteiger partial charge in [-0.05, 0) is 52.2 Å². The molecule has 0 heterocycles. The number of amides is 1. The fourth-order valence-corrected chi connectivity index (χ4v) is 2.22. The van der Waals surface area contributed by atoms with Gasteiger partial charge in [0.2, 0.25) is 0 Å². The van der Waals surface area contributed by atoms with Crippen molar-refractivity contribution in [1.29, 1.82) is 0 Å². The van der Waals surface area contributed by atoms with Gasteiger partial charge in [0, 0.05) is 5.54 Å². The van der Waals surface area contributed by atoms with Crippen LogP contribution in [0.15, 0.2) is 24.3 Å². The zero-order chi connectivity index (χ0) is 17.7. The second-order valence-electron chi connectivity index (χ2n) is 7.26. The standard InChI is InChI=1S/C18H27NO4/c1-17(2,3)23-16(21)19-18(4,5)12-14-9-7-8-13(10-14)11-15(20)22-6/h7-10H,11-12H2,1-6H3,(H,19,21). The summed E-state index contributed by atoms with van der Waals surface area (Å²) in [6.07, 6.45) is 0.430. The average Bonchev–Trinajstić information content (AvgIpc) is 2.34. The fraction of sp³-hybridized carbons (Fsp3) is 0.556. The molecule has 1 rings (SSSR count). The molecule has 128 valence electrons. The van der Waals surface area contributed by atoms with Crippen molar-refractivity contribution in [3.8, 4) is 0 Å². The SMILES string of the molecule is COC(=O)Cc1cccc(CC(C)(C)NC(=O)OC(C)(C)C)c1. The highest BCUT2D eigenvalue weighted by molar-refractivity contribution is 5.72. The van der Waals surface area contributed by atoms with Gasteiger partial charge in [0.1, 0.15) is 5.60 Å². The minimum atomic E-state index is -0.527. The molecule has 0 radical (unpaired) electrons. The summed E-state index contributed by atoms with van der Waals surface area (Å²) in [4.78, 5) is 23.3. The highest BCUT2D eigenvalue weighted by Gasteiger charge is 2.25. The minimum absolute atomic E-state index is 0.240. The van der Waals surface area contributed by atoms with Crippen molar-refractivity contribution in [2.75, 3.05) is 7.11 Å². The zero-order valence-corrected chi connectivity index (χ0v) is 14.9. The van der Waals surface area contributed by atoms with Gasteiger partial charge < -0.3 is 14.8 Å². The number of rotatable bonds is 5. The largest absolute Gasteiger partial charge is 0.469 e. The van der Waals surface area contributed by atoms with Crippen LogP contribution in [0.4, 0.5) is 4.79 Å². The fourth-order valence-electron chi connectivity index (χ4n) is 2.22. The lowest BCUT2D eigenvalue weighted by atomic mass is 9.93. The maximum Gasteiger partial charge on any atom is 0.408 e. The summed E-state index contributed by atoms with van der Waals surface area (Å²) in [5.74, 6) is -0.270. The van der Waals surface area contributed by atoms with Crippen LogP contribution in [0.25, 0.3) is 0 Å². The summed E-state index contributed by atoms with van der Waals surface area (Å²) in [6, 6.07) is 7.71. The maximum absolute atomic E-state index is 11.9. The van der Waals surface area contributed by atoms with Gasteiger partial charge in [-0.25, -0.2) is 4.79 Å². The number of methoxy groups -OCH3 is 1. The number of carbonyl (C=O) groups is 2. The van der Waals surface area contributed by atoms with E-state index in [1.54, 1.807) is 0 Å². The first-order valence-electron chi connectivity index (χ1n) is 7.66. The second kappa shape index (κ2) is 7.49. The van der Waals surface area contributed by atoms with E-state index in [4.69, 9.17) is 4.74 Å². The number of nitrogens with one attached hydrogen (secondary N) is 1. The van der Waals surface area contributed by atoms with Crippen LogP contribution >= 0.6 is 0 Å². The van der Waals surface area contributed by atoms with E-state index in [1.807, 2.05) is 58.9 Å². The molecular formula is C18H27NO4. The molecular weight excluding hydrogens is 294 g/mol. The van der Waals surface area contributed by atoms with Gasteiger partial charge in [0.15, 0.2) is 0 Å². The molecule has 0 unspecified atom stereocenters. The zero-order valence-electron chi connectivity index (χ0n) is 14.9. The Kier molecular flexibility index (Phi) is 6.19. The van der Waals surface area contributed by atoms with Gasteiger partial charge in [0.25, 0.3) is 0 Å². The van der Waals surface area contributed by atoms with E-state index in [9.17, 15) is 9.59 Å². The van der Waals surface area contributed by atoms with Crippen molar-refractivity contribution in [2.24, 2.45) is 0 Å². The van der Waals surface area contributed by atoms with Crippen molar-refractivity contribution < 1.29 is 19.1 Å². The van der Waals surface area contributed by atoms with Crippen LogP contribution in [-0.2, 0) is 27.1 Å². The van der Waals surface area contributed by atoms with Crippen molar-refractivity contribution in [3.63, 3.8) is 0 Å². The van der Waals surface area contributed by atoms with E-state index < -0.39 is 17.2 Å². The molecule has 1 aromatic carbocycles. The van der Waals surface area contributed by atoms with E-state index in [-0.39, 0.29) is 12.4 Å². The van der Waals surface area contributed by atoms with E-state index >= 15 is 0 Å². The van der Waals surface area contributed by atoms with Crippen LogP contribution in [0.1, 0.15) is 45.7 Å². The Balaban J connectivity index is 2.71. The van der Waals surface area contributed by atoms with Gasteiger partial charge in [-0.15, -0.1) is 0 Å². The molecule has 1 aromatic rings. The molecule has 0 fully saturated rings. The molecule has 1 amide bonds. The van der Waals surface area contributed by atoms with E-state index in [0.717, 1.165) is 11.1 Å². The molecule has 0 saturated heterocycles. The first-order chi connectivity index (χ1) is 10.5. The number of hydrogen-bond donors (Lipinski definition) is 1. The number of carbonyl (C=O) groups excluding carboxylic acids is 2. The highest BCUT2D eigenvalue weighted by Crippen LogP contribution is 2.16. The summed E-state index contributed by atoms with van der Waals surface area (Å²) in [5.41, 5.74) is 0.933. The molecule has 0 aliphatic rings. The van der Waals surface area contributed by atoms with Crippen molar-refractivity contribution in [3.05, 3.63) is 35.4 Å². The van der Waals surface area contributed by atoms with Crippen LogP contribution < -0.4 is 5.32 Å². The number of ether oxygens (including phenoxy) is 2. The monoisotopic (exact) mass is 321 g/mol. The lowest BCUT2D eigenvalue weighted by Gasteiger charge is -2.29. The maximum atomic E-state index is 11.9. The van der Waals surface area contributed by atoms with E-state index in [1.165, 1.54) is 7.11 Å². The third kappa shape index (κ3) is 7.68.